The lowest BCUT2D eigenvalue weighted by Crippen LogP contribution is -2.28. The fourth-order valence-corrected chi connectivity index (χ4v) is 3.19. The smallest absolute Gasteiger partial charge is 0.137 e. The van der Waals surface area contributed by atoms with Crippen molar-refractivity contribution in [2.45, 2.75) is 13.0 Å². The van der Waals surface area contributed by atoms with Gasteiger partial charge < -0.3 is 4.98 Å². The van der Waals surface area contributed by atoms with Crippen LogP contribution < -0.4 is 0 Å². The summed E-state index contributed by atoms with van der Waals surface area (Å²) in [4.78, 5) is 9.84. The largest absolute Gasteiger partial charge is 0.346 e. The van der Waals surface area contributed by atoms with Crippen molar-refractivity contribution in [2.24, 2.45) is 0 Å². The van der Waals surface area contributed by atoms with E-state index in [-0.39, 0.29) is 5.82 Å². The number of halogens is 1. The average molecular weight is 307 g/mol. The third-order valence-corrected chi connectivity index (χ3v) is 4.44. The third kappa shape index (κ3) is 2.78. The molecule has 2 aromatic heterocycles. The summed E-state index contributed by atoms with van der Waals surface area (Å²) in [7, 11) is 0. The van der Waals surface area contributed by atoms with Crippen LogP contribution in [0.5, 0.6) is 0 Å². The summed E-state index contributed by atoms with van der Waals surface area (Å²) < 4.78 is 13.8. The minimum absolute atomic E-state index is 0.120. The molecule has 4 heteroatoms. The summed E-state index contributed by atoms with van der Waals surface area (Å²) in [6, 6.07) is 11.1. The predicted molar refractivity (Wildman–Crippen MR) is 90.4 cm³/mol. The summed E-state index contributed by atoms with van der Waals surface area (Å²) in [5.41, 5.74) is 4.27. The molecule has 0 amide bonds. The molecule has 0 fully saturated rings. The first-order valence-corrected chi connectivity index (χ1v) is 7.88. The highest BCUT2D eigenvalue weighted by Gasteiger charge is 2.16. The van der Waals surface area contributed by atoms with E-state index >= 15 is 0 Å². The van der Waals surface area contributed by atoms with E-state index < -0.39 is 0 Å². The first kappa shape index (κ1) is 14.2. The number of benzene rings is 1. The number of aromatic amines is 1. The summed E-state index contributed by atoms with van der Waals surface area (Å²) in [6.45, 7) is 2.44. The third-order valence-electron chi connectivity index (χ3n) is 4.44. The summed E-state index contributed by atoms with van der Waals surface area (Å²) >= 11 is 0. The van der Waals surface area contributed by atoms with Gasteiger partial charge in [-0.15, -0.1) is 0 Å². The molecule has 1 N–H and O–H groups in total. The number of nitrogens with one attached hydrogen (secondary N) is 1. The Morgan fingerprint density at radius 2 is 2.09 bits per heavy atom. The van der Waals surface area contributed by atoms with Gasteiger partial charge in [-0.2, -0.15) is 0 Å². The number of hydrogen-bond acceptors (Lipinski definition) is 2. The molecule has 0 spiro atoms. The maximum absolute atomic E-state index is 13.8. The van der Waals surface area contributed by atoms with Crippen molar-refractivity contribution in [1.29, 1.82) is 0 Å². The van der Waals surface area contributed by atoms with Gasteiger partial charge in [0.25, 0.3) is 0 Å². The fraction of sp³-hybridized carbons (Fsp3) is 0.211. The van der Waals surface area contributed by atoms with E-state index in [2.05, 4.69) is 27.0 Å². The lowest BCUT2D eigenvalue weighted by Gasteiger charge is -2.26. The number of rotatable bonds is 3. The topological polar surface area (TPSA) is 31.9 Å². The molecule has 1 aliphatic heterocycles. The van der Waals surface area contributed by atoms with E-state index in [0.29, 0.717) is 6.54 Å². The first-order chi connectivity index (χ1) is 11.3. The fourth-order valence-electron chi connectivity index (χ4n) is 3.19. The van der Waals surface area contributed by atoms with Crippen LogP contribution in [0.4, 0.5) is 4.39 Å². The normalized spacial score (nSPS) is 15.8. The van der Waals surface area contributed by atoms with Gasteiger partial charge in [-0.3, -0.25) is 4.90 Å². The molecule has 0 atom stereocenters. The van der Waals surface area contributed by atoms with E-state index in [4.69, 9.17) is 0 Å². The molecule has 0 aliphatic carbocycles. The number of pyridine rings is 1. The van der Waals surface area contributed by atoms with Gasteiger partial charge in [0, 0.05) is 48.5 Å². The number of nitrogens with zero attached hydrogens (tertiary/aromatic N) is 2. The highest BCUT2D eigenvalue weighted by Crippen LogP contribution is 2.28. The second-order valence-electron chi connectivity index (χ2n) is 5.91. The molecular weight excluding hydrogens is 289 g/mol. The Kier molecular flexibility index (Phi) is 3.67. The van der Waals surface area contributed by atoms with Gasteiger partial charge >= 0.3 is 0 Å². The Balaban J connectivity index is 1.52. The quantitative estimate of drug-likeness (QED) is 0.793. The Hall–Kier alpha value is -2.46. The molecular formula is C19H18FN3. The van der Waals surface area contributed by atoms with Crippen LogP contribution in [0.25, 0.3) is 16.6 Å². The molecule has 0 bridgehead atoms. The van der Waals surface area contributed by atoms with Crippen molar-refractivity contribution in [3.05, 3.63) is 71.8 Å². The highest BCUT2D eigenvalue weighted by atomic mass is 19.1. The summed E-state index contributed by atoms with van der Waals surface area (Å²) in [6.07, 6.45) is 7.06. The molecule has 0 unspecified atom stereocenters. The minimum Gasteiger partial charge on any atom is -0.346 e. The summed E-state index contributed by atoms with van der Waals surface area (Å²) in [5, 5.41) is 1.17. The molecule has 3 heterocycles. The molecule has 0 saturated carbocycles. The molecule has 3 aromatic rings. The zero-order valence-electron chi connectivity index (χ0n) is 12.8. The standard InChI is InChI=1S/C19H18FN3/c20-18-6-2-1-4-15(18)13-23-10-7-14(8-11-23)17-12-22-19-16(17)5-3-9-21-19/h1-7,9,12H,8,10-11,13H2,(H,21,22). The number of hydrogen-bond donors (Lipinski definition) is 1. The van der Waals surface area contributed by atoms with Gasteiger partial charge in [0.2, 0.25) is 0 Å². The first-order valence-electron chi connectivity index (χ1n) is 7.88. The molecule has 116 valence electrons. The van der Waals surface area contributed by atoms with E-state index in [1.54, 1.807) is 12.3 Å². The van der Waals surface area contributed by atoms with Crippen LogP contribution >= 0.6 is 0 Å². The van der Waals surface area contributed by atoms with Crippen LogP contribution in [0.15, 0.2) is 54.9 Å². The maximum atomic E-state index is 13.8. The van der Waals surface area contributed by atoms with Crippen molar-refractivity contribution >= 4 is 16.6 Å². The van der Waals surface area contributed by atoms with Crippen molar-refractivity contribution < 1.29 is 4.39 Å². The maximum Gasteiger partial charge on any atom is 0.137 e. The van der Waals surface area contributed by atoms with Crippen LogP contribution in [0, 0.1) is 5.82 Å². The number of fused-ring (bicyclic) bond motifs is 1. The zero-order chi connectivity index (χ0) is 15.6. The van der Waals surface area contributed by atoms with Gasteiger partial charge in [0.15, 0.2) is 0 Å². The Morgan fingerprint density at radius 1 is 1.17 bits per heavy atom. The monoisotopic (exact) mass is 307 g/mol. The summed E-state index contributed by atoms with van der Waals surface area (Å²) in [5.74, 6) is -0.120. The molecule has 0 saturated heterocycles. The lowest BCUT2D eigenvalue weighted by molar-refractivity contribution is 0.289. The van der Waals surface area contributed by atoms with Crippen molar-refractivity contribution in [3.63, 3.8) is 0 Å². The van der Waals surface area contributed by atoms with Crippen molar-refractivity contribution in [3.8, 4) is 0 Å². The van der Waals surface area contributed by atoms with Crippen LogP contribution in [-0.2, 0) is 6.54 Å². The van der Waals surface area contributed by atoms with E-state index in [1.165, 1.54) is 22.6 Å². The van der Waals surface area contributed by atoms with Gasteiger partial charge in [0.05, 0.1) is 0 Å². The van der Waals surface area contributed by atoms with Crippen LogP contribution in [0.3, 0.4) is 0 Å². The van der Waals surface area contributed by atoms with Gasteiger partial charge in [-0.05, 0) is 30.2 Å². The van der Waals surface area contributed by atoms with Crippen molar-refractivity contribution in [2.75, 3.05) is 13.1 Å². The average Bonchev–Trinajstić information content (AvgIpc) is 3.02. The Morgan fingerprint density at radius 3 is 2.91 bits per heavy atom. The van der Waals surface area contributed by atoms with Crippen LogP contribution in [0.1, 0.15) is 17.5 Å². The minimum atomic E-state index is -0.120. The second-order valence-corrected chi connectivity index (χ2v) is 5.91. The zero-order valence-corrected chi connectivity index (χ0v) is 12.8. The van der Waals surface area contributed by atoms with Crippen LogP contribution in [0.2, 0.25) is 0 Å². The molecule has 4 rings (SSSR count). The molecule has 23 heavy (non-hydrogen) atoms. The lowest BCUT2D eigenvalue weighted by atomic mass is 9.99. The van der Waals surface area contributed by atoms with Crippen LogP contribution in [-0.4, -0.2) is 28.0 Å². The Labute approximate surface area is 134 Å². The highest BCUT2D eigenvalue weighted by molar-refractivity contribution is 5.90. The SMILES string of the molecule is Fc1ccccc1CN1CC=C(c2c[nH]c3ncccc23)CC1. The number of H-pyrrole nitrogens is 1. The predicted octanol–water partition coefficient (Wildman–Crippen LogP) is 3.99. The molecule has 3 nitrogen and oxygen atoms in total. The number of aromatic nitrogens is 2. The van der Waals surface area contributed by atoms with Crippen molar-refractivity contribution in [1.82, 2.24) is 14.9 Å². The molecule has 0 radical (unpaired) electrons. The van der Waals surface area contributed by atoms with Gasteiger partial charge in [-0.1, -0.05) is 24.3 Å². The molecule has 1 aromatic carbocycles. The second kappa shape index (κ2) is 5.97. The molecule has 1 aliphatic rings. The Bertz CT molecular complexity index is 866. The van der Waals surface area contributed by atoms with E-state index in [0.717, 1.165) is 30.7 Å². The van der Waals surface area contributed by atoms with Gasteiger partial charge in [0.1, 0.15) is 11.5 Å². The van der Waals surface area contributed by atoms with E-state index in [1.807, 2.05) is 24.4 Å². The van der Waals surface area contributed by atoms with Gasteiger partial charge in [-0.25, -0.2) is 9.37 Å². The van der Waals surface area contributed by atoms with E-state index in [9.17, 15) is 4.39 Å².